The Morgan fingerprint density at radius 3 is 2.09 bits per heavy atom. The van der Waals surface area contributed by atoms with Crippen LogP contribution in [0.15, 0.2) is 97.1 Å². The summed E-state index contributed by atoms with van der Waals surface area (Å²) in [6.45, 7) is 4.36. The van der Waals surface area contributed by atoms with Gasteiger partial charge in [-0.25, -0.2) is 0 Å². The van der Waals surface area contributed by atoms with Gasteiger partial charge in [-0.2, -0.15) is 0 Å². The van der Waals surface area contributed by atoms with Crippen LogP contribution in [0.5, 0.6) is 0 Å². The first kappa shape index (κ1) is 22.8. The van der Waals surface area contributed by atoms with E-state index in [1.54, 1.807) is 0 Å². The fourth-order valence-corrected chi connectivity index (χ4v) is 4.64. The highest BCUT2D eigenvalue weighted by Gasteiger charge is 2.23. The van der Waals surface area contributed by atoms with Crippen molar-refractivity contribution in [3.8, 4) is 11.3 Å². The molecule has 1 N–H and O–H groups in total. The molecule has 1 aliphatic rings. The second-order valence-corrected chi connectivity index (χ2v) is 9.27. The van der Waals surface area contributed by atoms with Crippen molar-refractivity contribution in [3.63, 3.8) is 0 Å². The zero-order valence-electron chi connectivity index (χ0n) is 20.0. The van der Waals surface area contributed by atoms with E-state index in [-0.39, 0.29) is 5.91 Å². The van der Waals surface area contributed by atoms with E-state index in [1.165, 1.54) is 12.8 Å². The number of anilines is 2. The van der Waals surface area contributed by atoms with E-state index in [0.29, 0.717) is 0 Å². The van der Waals surface area contributed by atoms with E-state index in [1.807, 2.05) is 97.1 Å². The highest BCUT2D eigenvalue weighted by atomic mass is 16.1. The van der Waals surface area contributed by atoms with Gasteiger partial charge in [0.25, 0.3) is 0 Å². The zero-order chi connectivity index (χ0) is 24.0. The molecule has 0 saturated carbocycles. The third-order valence-electron chi connectivity index (χ3n) is 6.71. The van der Waals surface area contributed by atoms with E-state index in [0.717, 1.165) is 52.9 Å². The molecule has 5 rings (SSSR count). The lowest BCUT2D eigenvalue weighted by molar-refractivity contribution is -0.116. The van der Waals surface area contributed by atoms with Gasteiger partial charge < -0.3 is 10.2 Å². The Morgan fingerprint density at radius 1 is 0.829 bits per heavy atom. The standard InChI is InChI=1S/C30H30N4O/c1-22-17-19-34(20-18-22)28-16-15-27(32-33-28)25-13-8-14-26(21-25)31-30(35)29(23-9-4-2-5-10-23)24-11-6-3-7-12-24/h2-16,21-22,29H,17-20H2,1H3,(H,31,35). The maximum atomic E-state index is 13.5. The Labute approximate surface area is 206 Å². The lowest BCUT2D eigenvalue weighted by Crippen LogP contribution is -2.33. The molecule has 176 valence electrons. The Kier molecular flexibility index (Phi) is 6.85. The van der Waals surface area contributed by atoms with Gasteiger partial charge in [0.2, 0.25) is 5.91 Å². The predicted octanol–water partition coefficient (Wildman–Crippen LogP) is 6.15. The first-order valence-electron chi connectivity index (χ1n) is 12.3. The molecule has 4 aromatic rings. The molecule has 0 radical (unpaired) electrons. The van der Waals surface area contributed by atoms with Crippen LogP contribution in [-0.2, 0) is 4.79 Å². The summed E-state index contributed by atoms with van der Waals surface area (Å²) in [5.41, 5.74) is 4.37. The largest absolute Gasteiger partial charge is 0.355 e. The molecule has 2 heterocycles. The monoisotopic (exact) mass is 462 g/mol. The lowest BCUT2D eigenvalue weighted by Gasteiger charge is -2.30. The maximum absolute atomic E-state index is 13.5. The number of hydrogen-bond acceptors (Lipinski definition) is 4. The van der Waals surface area contributed by atoms with E-state index < -0.39 is 5.92 Å². The number of carbonyl (C=O) groups is 1. The van der Waals surface area contributed by atoms with Crippen LogP contribution in [-0.4, -0.2) is 29.2 Å². The molecular weight excluding hydrogens is 432 g/mol. The normalized spacial score (nSPS) is 14.2. The van der Waals surface area contributed by atoms with Crippen molar-refractivity contribution < 1.29 is 4.79 Å². The van der Waals surface area contributed by atoms with Crippen molar-refractivity contribution in [2.75, 3.05) is 23.3 Å². The molecule has 1 aromatic heterocycles. The van der Waals surface area contributed by atoms with Crippen LogP contribution in [0.25, 0.3) is 11.3 Å². The molecule has 0 bridgehead atoms. The minimum Gasteiger partial charge on any atom is -0.355 e. The molecule has 0 atom stereocenters. The van der Waals surface area contributed by atoms with E-state index in [2.05, 4.69) is 27.3 Å². The molecular formula is C30H30N4O. The molecule has 3 aromatic carbocycles. The van der Waals surface area contributed by atoms with Gasteiger partial charge in [0.05, 0.1) is 11.6 Å². The van der Waals surface area contributed by atoms with Crippen molar-refractivity contribution in [1.82, 2.24) is 10.2 Å². The smallest absolute Gasteiger partial charge is 0.236 e. The average Bonchev–Trinajstić information content (AvgIpc) is 2.91. The summed E-state index contributed by atoms with van der Waals surface area (Å²) in [6, 6.07) is 31.6. The maximum Gasteiger partial charge on any atom is 0.236 e. The van der Waals surface area contributed by atoms with Crippen LogP contribution < -0.4 is 10.2 Å². The number of aromatic nitrogens is 2. The average molecular weight is 463 g/mol. The molecule has 0 unspecified atom stereocenters. The molecule has 35 heavy (non-hydrogen) atoms. The van der Waals surface area contributed by atoms with Gasteiger partial charge in [-0.3, -0.25) is 4.79 Å². The van der Waals surface area contributed by atoms with E-state index in [4.69, 9.17) is 0 Å². The SMILES string of the molecule is CC1CCN(c2ccc(-c3cccc(NC(=O)C(c4ccccc4)c4ccccc4)c3)nn2)CC1. The van der Waals surface area contributed by atoms with Crippen molar-refractivity contribution >= 4 is 17.4 Å². The quantitative estimate of drug-likeness (QED) is 0.373. The topological polar surface area (TPSA) is 58.1 Å². The van der Waals surface area contributed by atoms with Gasteiger partial charge in [-0.05, 0) is 54.2 Å². The summed E-state index contributed by atoms with van der Waals surface area (Å²) in [6.07, 6.45) is 2.39. The minimum atomic E-state index is -0.396. The van der Waals surface area contributed by atoms with Crippen LogP contribution in [0.4, 0.5) is 11.5 Å². The fraction of sp³-hybridized carbons (Fsp3) is 0.233. The van der Waals surface area contributed by atoms with Gasteiger partial charge in [0.15, 0.2) is 5.82 Å². The van der Waals surface area contributed by atoms with Crippen molar-refractivity contribution in [2.24, 2.45) is 5.92 Å². The molecule has 1 aliphatic heterocycles. The number of nitrogens with zero attached hydrogens (tertiary/aromatic N) is 3. The Bertz CT molecular complexity index is 1210. The minimum absolute atomic E-state index is 0.0692. The summed E-state index contributed by atoms with van der Waals surface area (Å²) < 4.78 is 0. The highest BCUT2D eigenvalue weighted by Crippen LogP contribution is 2.28. The van der Waals surface area contributed by atoms with Gasteiger partial charge in [-0.15, -0.1) is 10.2 Å². The zero-order valence-corrected chi connectivity index (χ0v) is 20.0. The highest BCUT2D eigenvalue weighted by molar-refractivity contribution is 5.98. The Morgan fingerprint density at radius 2 is 1.49 bits per heavy atom. The summed E-state index contributed by atoms with van der Waals surface area (Å²) in [4.78, 5) is 15.8. The van der Waals surface area contributed by atoms with Gasteiger partial charge in [-0.1, -0.05) is 79.7 Å². The number of piperidine rings is 1. The number of benzene rings is 3. The van der Waals surface area contributed by atoms with Crippen LogP contribution >= 0.6 is 0 Å². The fourth-order valence-electron chi connectivity index (χ4n) is 4.64. The molecule has 1 fully saturated rings. The third-order valence-corrected chi connectivity index (χ3v) is 6.71. The number of amides is 1. The molecule has 5 nitrogen and oxygen atoms in total. The van der Waals surface area contributed by atoms with Crippen LogP contribution in [0.1, 0.15) is 36.8 Å². The van der Waals surface area contributed by atoms with Crippen molar-refractivity contribution in [3.05, 3.63) is 108 Å². The molecule has 0 spiro atoms. The van der Waals surface area contributed by atoms with Crippen LogP contribution in [0, 0.1) is 5.92 Å². The lowest BCUT2D eigenvalue weighted by atomic mass is 9.90. The number of hydrogen-bond donors (Lipinski definition) is 1. The van der Waals surface area contributed by atoms with Crippen LogP contribution in [0.2, 0.25) is 0 Å². The number of nitrogens with one attached hydrogen (secondary N) is 1. The summed E-state index contributed by atoms with van der Waals surface area (Å²) >= 11 is 0. The summed E-state index contributed by atoms with van der Waals surface area (Å²) in [5.74, 6) is 1.24. The Hall–Kier alpha value is -3.99. The van der Waals surface area contributed by atoms with E-state index in [9.17, 15) is 4.79 Å². The second-order valence-electron chi connectivity index (χ2n) is 9.27. The second kappa shape index (κ2) is 10.5. The molecule has 1 saturated heterocycles. The van der Waals surface area contributed by atoms with Crippen molar-refractivity contribution in [1.29, 1.82) is 0 Å². The number of rotatable bonds is 6. The van der Waals surface area contributed by atoms with Crippen molar-refractivity contribution in [2.45, 2.75) is 25.7 Å². The molecule has 0 aliphatic carbocycles. The third kappa shape index (κ3) is 5.40. The van der Waals surface area contributed by atoms with Gasteiger partial charge in [0.1, 0.15) is 0 Å². The first-order valence-corrected chi connectivity index (χ1v) is 12.3. The molecule has 5 heteroatoms. The van der Waals surface area contributed by atoms with Gasteiger partial charge in [0, 0.05) is 24.3 Å². The van der Waals surface area contributed by atoms with Gasteiger partial charge >= 0.3 is 0 Å². The summed E-state index contributed by atoms with van der Waals surface area (Å²) in [7, 11) is 0. The number of carbonyl (C=O) groups excluding carboxylic acids is 1. The van der Waals surface area contributed by atoms with Crippen LogP contribution in [0.3, 0.4) is 0 Å². The summed E-state index contributed by atoms with van der Waals surface area (Å²) in [5, 5.41) is 12.1. The molecule has 1 amide bonds. The first-order chi connectivity index (χ1) is 17.2. The van der Waals surface area contributed by atoms with E-state index >= 15 is 0 Å². The Balaban J connectivity index is 1.34. The predicted molar refractivity (Wildman–Crippen MR) is 141 cm³/mol.